The maximum Gasteiger partial charge on any atom is 0.261 e. The Balaban J connectivity index is 1.70. The predicted octanol–water partition coefficient (Wildman–Crippen LogP) is 2.04. The molecule has 0 aliphatic heterocycles. The fraction of sp³-hybridized carbons (Fsp3) is 0.278. The van der Waals surface area contributed by atoms with Crippen LogP contribution in [-0.2, 0) is 11.2 Å². The zero-order chi connectivity index (χ0) is 19.6. The highest BCUT2D eigenvalue weighted by molar-refractivity contribution is 8.00. The van der Waals surface area contributed by atoms with Crippen LogP contribution in [0, 0.1) is 11.6 Å². The number of primary amides is 1. The second-order valence-corrected chi connectivity index (χ2v) is 7.24. The van der Waals surface area contributed by atoms with Crippen LogP contribution in [0.15, 0.2) is 34.0 Å². The van der Waals surface area contributed by atoms with E-state index in [9.17, 15) is 23.2 Å². The van der Waals surface area contributed by atoms with Gasteiger partial charge in [-0.05, 0) is 49.1 Å². The number of pyridine rings is 1. The Morgan fingerprint density at radius 2 is 2.04 bits per heavy atom. The normalized spacial score (nSPS) is 15.9. The van der Waals surface area contributed by atoms with Crippen LogP contribution >= 0.6 is 11.8 Å². The molecule has 1 heterocycles. The SMILES string of the molecule is NC(=O)c1cc2c([nH]c1=O)CCCC2NC(=O)CSc1ccc(F)c(F)c1. The largest absolute Gasteiger partial charge is 0.365 e. The Bertz CT molecular complexity index is 961. The van der Waals surface area contributed by atoms with Gasteiger partial charge in [0.2, 0.25) is 5.91 Å². The summed E-state index contributed by atoms with van der Waals surface area (Å²) in [5.41, 5.74) is 5.88. The molecule has 4 N–H and O–H groups in total. The number of hydrogen-bond donors (Lipinski definition) is 3. The molecule has 1 aromatic carbocycles. The molecular formula is C18H17F2N3O3S. The Morgan fingerprint density at radius 3 is 2.74 bits per heavy atom. The number of fused-ring (bicyclic) bond motifs is 1. The van der Waals surface area contributed by atoms with Crippen LogP contribution in [0.1, 0.15) is 40.5 Å². The number of carbonyl (C=O) groups excluding carboxylic acids is 2. The Hall–Kier alpha value is -2.68. The molecule has 142 valence electrons. The van der Waals surface area contributed by atoms with Crippen LogP contribution in [0.25, 0.3) is 0 Å². The van der Waals surface area contributed by atoms with Crippen LogP contribution in [0.5, 0.6) is 0 Å². The summed E-state index contributed by atoms with van der Waals surface area (Å²) in [5.74, 6) is -3.02. The van der Waals surface area contributed by atoms with Crippen LogP contribution in [0.3, 0.4) is 0 Å². The summed E-state index contributed by atoms with van der Waals surface area (Å²) in [5, 5.41) is 2.86. The zero-order valence-corrected chi connectivity index (χ0v) is 15.0. The van der Waals surface area contributed by atoms with Crippen LogP contribution in [0.4, 0.5) is 8.78 Å². The van der Waals surface area contributed by atoms with Crippen molar-refractivity contribution in [3.63, 3.8) is 0 Å². The minimum atomic E-state index is -0.968. The van der Waals surface area contributed by atoms with Gasteiger partial charge in [-0.15, -0.1) is 11.8 Å². The molecule has 9 heteroatoms. The van der Waals surface area contributed by atoms with Crippen LogP contribution in [-0.4, -0.2) is 22.6 Å². The molecule has 2 aromatic rings. The molecule has 2 amide bonds. The van der Waals surface area contributed by atoms with Gasteiger partial charge in [-0.2, -0.15) is 0 Å². The molecule has 0 fully saturated rings. The summed E-state index contributed by atoms with van der Waals surface area (Å²) in [6.45, 7) is 0. The number of rotatable bonds is 5. The van der Waals surface area contributed by atoms with Crippen molar-refractivity contribution in [1.29, 1.82) is 0 Å². The average molecular weight is 393 g/mol. The van der Waals surface area contributed by atoms with Crippen molar-refractivity contribution in [3.8, 4) is 0 Å². The maximum absolute atomic E-state index is 13.2. The number of aryl methyl sites for hydroxylation is 1. The number of hydrogen-bond acceptors (Lipinski definition) is 4. The lowest BCUT2D eigenvalue weighted by molar-refractivity contribution is -0.119. The number of aromatic nitrogens is 1. The van der Waals surface area contributed by atoms with Crippen molar-refractivity contribution in [2.75, 3.05) is 5.75 Å². The highest BCUT2D eigenvalue weighted by Crippen LogP contribution is 2.28. The number of amides is 2. The van der Waals surface area contributed by atoms with Gasteiger partial charge in [0, 0.05) is 10.6 Å². The van der Waals surface area contributed by atoms with Gasteiger partial charge < -0.3 is 16.0 Å². The lowest BCUT2D eigenvalue weighted by Gasteiger charge is -2.26. The first kappa shape index (κ1) is 19.1. The Kier molecular flexibility index (Phi) is 5.59. The molecule has 3 rings (SSSR count). The number of halogens is 2. The molecule has 1 aliphatic rings. The van der Waals surface area contributed by atoms with E-state index >= 15 is 0 Å². The van der Waals surface area contributed by atoms with Gasteiger partial charge in [0.15, 0.2) is 11.6 Å². The Labute approximate surface area is 157 Å². The van der Waals surface area contributed by atoms with Gasteiger partial charge in [0.1, 0.15) is 5.56 Å². The number of nitrogens with two attached hydrogens (primary N) is 1. The molecule has 0 bridgehead atoms. The van der Waals surface area contributed by atoms with Gasteiger partial charge in [-0.1, -0.05) is 0 Å². The predicted molar refractivity (Wildman–Crippen MR) is 96.5 cm³/mol. The third kappa shape index (κ3) is 4.36. The number of benzene rings is 1. The summed E-state index contributed by atoms with van der Waals surface area (Å²) in [6.07, 6.45) is 2.05. The second kappa shape index (κ2) is 7.91. The molecule has 0 spiro atoms. The van der Waals surface area contributed by atoms with Gasteiger partial charge in [-0.25, -0.2) is 8.78 Å². The summed E-state index contributed by atoms with van der Waals surface area (Å²) in [7, 11) is 0. The van der Waals surface area contributed by atoms with Crippen molar-refractivity contribution in [1.82, 2.24) is 10.3 Å². The standard InChI is InChI=1S/C18H17F2N3O3S/c19-12-5-4-9(6-13(12)20)27-8-16(24)22-14-2-1-3-15-10(14)7-11(17(21)25)18(26)23-15/h4-7,14H,1-3,8H2,(H2,21,25)(H,22,24)(H,23,26). The van der Waals surface area contributed by atoms with Crippen molar-refractivity contribution in [2.24, 2.45) is 5.73 Å². The van der Waals surface area contributed by atoms with E-state index in [2.05, 4.69) is 10.3 Å². The smallest absolute Gasteiger partial charge is 0.261 e. The number of aromatic amines is 1. The lowest BCUT2D eigenvalue weighted by Crippen LogP contribution is -2.34. The van der Waals surface area contributed by atoms with Crippen molar-refractivity contribution < 1.29 is 18.4 Å². The van der Waals surface area contributed by atoms with E-state index in [1.807, 2.05) is 0 Å². The molecule has 0 saturated heterocycles. The van der Waals surface area contributed by atoms with E-state index < -0.39 is 23.1 Å². The maximum atomic E-state index is 13.2. The number of thioether (sulfide) groups is 1. The quantitative estimate of drug-likeness (QED) is 0.676. The topological polar surface area (TPSA) is 105 Å². The monoisotopic (exact) mass is 393 g/mol. The first-order valence-corrected chi connectivity index (χ1v) is 9.27. The van der Waals surface area contributed by atoms with Crippen molar-refractivity contribution >= 4 is 23.6 Å². The van der Waals surface area contributed by atoms with Crippen LogP contribution in [0.2, 0.25) is 0 Å². The van der Waals surface area contributed by atoms with E-state index in [1.165, 1.54) is 12.1 Å². The van der Waals surface area contributed by atoms with Crippen LogP contribution < -0.4 is 16.6 Å². The fourth-order valence-corrected chi connectivity index (χ4v) is 3.76. The minimum absolute atomic E-state index is 0.0168. The molecule has 0 radical (unpaired) electrons. The second-order valence-electron chi connectivity index (χ2n) is 6.19. The van der Waals surface area contributed by atoms with Gasteiger partial charge in [0.05, 0.1) is 11.8 Å². The highest BCUT2D eigenvalue weighted by atomic mass is 32.2. The first-order chi connectivity index (χ1) is 12.8. The average Bonchev–Trinajstić information content (AvgIpc) is 2.62. The zero-order valence-electron chi connectivity index (χ0n) is 14.2. The van der Waals surface area contributed by atoms with Crippen molar-refractivity contribution in [2.45, 2.75) is 30.2 Å². The van der Waals surface area contributed by atoms with E-state index in [4.69, 9.17) is 5.73 Å². The molecule has 6 nitrogen and oxygen atoms in total. The number of nitrogens with one attached hydrogen (secondary N) is 2. The Morgan fingerprint density at radius 1 is 1.26 bits per heavy atom. The third-order valence-corrected chi connectivity index (χ3v) is 5.31. The van der Waals surface area contributed by atoms with E-state index in [0.29, 0.717) is 29.0 Å². The molecule has 0 saturated carbocycles. The lowest BCUT2D eigenvalue weighted by atomic mass is 9.90. The third-order valence-electron chi connectivity index (χ3n) is 4.31. The molecule has 1 unspecified atom stereocenters. The van der Waals surface area contributed by atoms with E-state index in [-0.39, 0.29) is 23.3 Å². The van der Waals surface area contributed by atoms with Gasteiger partial charge >= 0.3 is 0 Å². The minimum Gasteiger partial charge on any atom is -0.365 e. The number of carbonyl (C=O) groups is 2. The van der Waals surface area contributed by atoms with Crippen molar-refractivity contribution in [3.05, 3.63) is 63.1 Å². The summed E-state index contributed by atoms with van der Waals surface area (Å²) < 4.78 is 26.2. The summed E-state index contributed by atoms with van der Waals surface area (Å²) in [4.78, 5) is 38.6. The van der Waals surface area contributed by atoms with E-state index in [1.54, 1.807) is 0 Å². The summed E-state index contributed by atoms with van der Waals surface area (Å²) in [6, 6.07) is 4.52. The van der Waals surface area contributed by atoms with E-state index in [0.717, 1.165) is 30.3 Å². The number of H-pyrrole nitrogens is 1. The van der Waals surface area contributed by atoms with Gasteiger partial charge in [-0.3, -0.25) is 14.4 Å². The molecule has 1 aromatic heterocycles. The van der Waals surface area contributed by atoms with Gasteiger partial charge in [0.25, 0.3) is 11.5 Å². The molecule has 27 heavy (non-hydrogen) atoms. The summed E-state index contributed by atoms with van der Waals surface area (Å²) >= 11 is 1.08. The fourth-order valence-electron chi connectivity index (χ4n) is 3.03. The molecule has 1 atom stereocenters. The molecule has 1 aliphatic carbocycles. The first-order valence-electron chi connectivity index (χ1n) is 8.28. The highest BCUT2D eigenvalue weighted by Gasteiger charge is 2.24. The molecular weight excluding hydrogens is 376 g/mol.